The molecule has 0 spiro atoms. The number of nitrogens with one attached hydrogen (secondary N) is 2. The van der Waals surface area contributed by atoms with Crippen molar-refractivity contribution in [2.45, 2.75) is 24.8 Å². The van der Waals surface area contributed by atoms with Crippen molar-refractivity contribution in [1.29, 1.82) is 0 Å². The van der Waals surface area contributed by atoms with Crippen molar-refractivity contribution in [3.05, 3.63) is 29.8 Å². The third-order valence-corrected chi connectivity index (χ3v) is 3.72. The third-order valence-electron chi connectivity index (χ3n) is 2.62. The Hall–Kier alpha value is -1.24. The summed E-state index contributed by atoms with van der Waals surface area (Å²) < 4.78 is 0. The number of likely N-dealkylation sites (N-methyl/N-ethyl adjacent to an activating group) is 1. The molecule has 0 aromatic heterocycles. The monoisotopic (exact) mass is 331 g/mol. The second kappa shape index (κ2) is 10.5. The van der Waals surface area contributed by atoms with E-state index in [0.29, 0.717) is 12.1 Å². The van der Waals surface area contributed by atoms with Gasteiger partial charge in [-0.1, -0.05) is 19.1 Å². The number of rotatable bonds is 8. The maximum Gasteiger partial charge on any atom is 0.252 e. The standard InChI is InChI=1S/C14H21N3O2S.ClH/c1-3-16-10(2)8-17-14(19)11-6-4-5-7-12(11)20-9-13(15)18;/h4-7,10,16H,3,8-9H2,1-2H3,(H2,15,18)(H,17,19);1H/t10-;/m1./s1. The minimum atomic E-state index is -0.397. The molecular formula is C14H22ClN3O2S. The number of carbonyl (C=O) groups excluding carboxylic acids is 2. The summed E-state index contributed by atoms with van der Waals surface area (Å²) in [5.41, 5.74) is 5.70. The van der Waals surface area contributed by atoms with E-state index in [2.05, 4.69) is 10.6 Å². The van der Waals surface area contributed by atoms with Crippen molar-refractivity contribution in [3.63, 3.8) is 0 Å². The average molecular weight is 332 g/mol. The molecule has 0 aliphatic heterocycles. The summed E-state index contributed by atoms with van der Waals surface area (Å²) in [6.45, 7) is 5.45. The van der Waals surface area contributed by atoms with Gasteiger partial charge < -0.3 is 16.4 Å². The predicted molar refractivity (Wildman–Crippen MR) is 89.1 cm³/mol. The highest BCUT2D eigenvalue weighted by atomic mass is 35.5. The van der Waals surface area contributed by atoms with Crippen LogP contribution in [0.5, 0.6) is 0 Å². The summed E-state index contributed by atoms with van der Waals surface area (Å²) in [6.07, 6.45) is 0. The SMILES string of the molecule is CCN[C@H](C)CNC(=O)c1ccccc1SCC(N)=O.Cl. The smallest absolute Gasteiger partial charge is 0.252 e. The summed E-state index contributed by atoms with van der Waals surface area (Å²) in [4.78, 5) is 23.7. The fourth-order valence-corrected chi connectivity index (χ4v) is 2.48. The molecule has 0 unspecified atom stereocenters. The summed E-state index contributed by atoms with van der Waals surface area (Å²) in [6, 6.07) is 7.42. The highest BCUT2D eigenvalue weighted by Crippen LogP contribution is 2.22. The molecule has 0 saturated heterocycles. The highest BCUT2D eigenvalue weighted by molar-refractivity contribution is 8.00. The number of thioether (sulfide) groups is 1. The van der Waals surface area contributed by atoms with Gasteiger partial charge in [-0.05, 0) is 25.6 Å². The van der Waals surface area contributed by atoms with Crippen molar-refractivity contribution < 1.29 is 9.59 Å². The summed E-state index contributed by atoms with van der Waals surface area (Å²) in [7, 11) is 0. The molecule has 7 heteroatoms. The number of benzene rings is 1. The van der Waals surface area contributed by atoms with Crippen LogP contribution in [-0.4, -0.2) is 36.7 Å². The molecule has 21 heavy (non-hydrogen) atoms. The van der Waals surface area contributed by atoms with Crippen LogP contribution in [0, 0.1) is 0 Å². The van der Waals surface area contributed by atoms with E-state index in [-0.39, 0.29) is 30.1 Å². The van der Waals surface area contributed by atoms with Crippen LogP contribution in [0.15, 0.2) is 29.2 Å². The lowest BCUT2D eigenvalue weighted by Gasteiger charge is -2.14. The van der Waals surface area contributed by atoms with Gasteiger partial charge in [-0.15, -0.1) is 24.2 Å². The lowest BCUT2D eigenvalue weighted by molar-refractivity contribution is -0.115. The van der Waals surface area contributed by atoms with Crippen molar-refractivity contribution in [2.24, 2.45) is 5.73 Å². The van der Waals surface area contributed by atoms with Crippen LogP contribution in [0.4, 0.5) is 0 Å². The number of hydrogen-bond donors (Lipinski definition) is 3. The second-order valence-electron chi connectivity index (χ2n) is 4.42. The van der Waals surface area contributed by atoms with Gasteiger partial charge in [0.1, 0.15) is 0 Å². The maximum absolute atomic E-state index is 12.2. The number of amides is 2. The molecule has 118 valence electrons. The molecule has 1 aromatic carbocycles. The van der Waals surface area contributed by atoms with Crippen molar-refractivity contribution in [2.75, 3.05) is 18.8 Å². The normalized spacial score (nSPS) is 11.3. The molecule has 0 heterocycles. The van der Waals surface area contributed by atoms with E-state index >= 15 is 0 Å². The van der Waals surface area contributed by atoms with Gasteiger partial charge in [0.05, 0.1) is 11.3 Å². The van der Waals surface area contributed by atoms with E-state index in [4.69, 9.17) is 5.73 Å². The summed E-state index contributed by atoms with van der Waals surface area (Å²) >= 11 is 1.28. The highest BCUT2D eigenvalue weighted by Gasteiger charge is 2.12. The van der Waals surface area contributed by atoms with Gasteiger partial charge in [-0.25, -0.2) is 0 Å². The minimum Gasteiger partial charge on any atom is -0.369 e. The number of halogens is 1. The van der Waals surface area contributed by atoms with Crippen LogP contribution >= 0.6 is 24.2 Å². The van der Waals surface area contributed by atoms with Gasteiger partial charge in [0.25, 0.3) is 5.91 Å². The van der Waals surface area contributed by atoms with Gasteiger partial charge in [0.2, 0.25) is 5.91 Å². The Balaban J connectivity index is 0.00000400. The Morgan fingerprint density at radius 1 is 1.33 bits per heavy atom. The van der Waals surface area contributed by atoms with Crippen LogP contribution in [0.25, 0.3) is 0 Å². The van der Waals surface area contributed by atoms with Crippen LogP contribution < -0.4 is 16.4 Å². The molecule has 0 aliphatic carbocycles. The van der Waals surface area contributed by atoms with E-state index in [0.717, 1.165) is 11.4 Å². The lowest BCUT2D eigenvalue weighted by atomic mass is 10.2. The largest absolute Gasteiger partial charge is 0.369 e. The van der Waals surface area contributed by atoms with Crippen LogP contribution in [0.1, 0.15) is 24.2 Å². The maximum atomic E-state index is 12.2. The van der Waals surface area contributed by atoms with Gasteiger partial charge in [0, 0.05) is 17.5 Å². The van der Waals surface area contributed by atoms with Crippen LogP contribution in [-0.2, 0) is 4.79 Å². The van der Waals surface area contributed by atoms with E-state index in [1.54, 1.807) is 12.1 Å². The Kier molecular flexibility index (Phi) is 9.86. The Morgan fingerprint density at radius 2 is 2.00 bits per heavy atom. The Morgan fingerprint density at radius 3 is 2.62 bits per heavy atom. The van der Waals surface area contributed by atoms with Crippen LogP contribution in [0.3, 0.4) is 0 Å². The minimum absolute atomic E-state index is 0. The quantitative estimate of drug-likeness (QED) is 0.629. The lowest BCUT2D eigenvalue weighted by Crippen LogP contribution is -2.38. The molecule has 1 rings (SSSR count). The van der Waals surface area contributed by atoms with Crippen molar-refractivity contribution >= 4 is 36.0 Å². The van der Waals surface area contributed by atoms with Gasteiger partial charge in [-0.2, -0.15) is 0 Å². The van der Waals surface area contributed by atoms with Gasteiger partial charge >= 0.3 is 0 Å². The van der Waals surface area contributed by atoms with Gasteiger partial charge in [-0.3, -0.25) is 9.59 Å². The molecule has 5 nitrogen and oxygen atoms in total. The summed E-state index contributed by atoms with van der Waals surface area (Å²) in [5.74, 6) is -0.369. The number of carbonyl (C=O) groups is 2. The first-order valence-corrected chi connectivity index (χ1v) is 7.54. The van der Waals surface area contributed by atoms with E-state index in [1.165, 1.54) is 11.8 Å². The molecule has 1 aromatic rings. The Bertz CT molecular complexity index is 471. The summed E-state index contributed by atoms with van der Waals surface area (Å²) in [5, 5.41) is 6.11. The van der Waals surface area contributed by atoms with E-state index < -0.39 is 5.91 Å². The van der Waals surface area contributed by atoms with Crippen molar-refractivity contribution in [3.8, 4) is 0 Å². The molecule has 0 bridgehead atoms. The zero-order chi connectivity index (χ0) is 15.0. The second-order valence-corrected chi connectivity index (χ2v) is 5.44. The first-order chi connectivity index (χ1) is 9.54. The van der Waals surface area contributed by atoms with Crippen molar-refractivity contribution in [1.82, 2.24) is 10.6 Å². The predicted octanol–water partition coefficient (Wildman–Crippen LogP) is 1.41. The zero-order valence-electron chi connectivity index (χ0n) is 12.2. The molecule has 0 aliphatic rings. The topological polar surface area (TPSA) is 84.2 Å². The third kappa shape index (κ3) is 7.36. The first kappa shape index (κ1) is 19.8. The van der Waals surface area contributed by atoms with E-state index in [9.17, 15) is 9.59 Å². The molecule has 0 fully saturated rings. The zero-order valence-corrected chi connectivity index (χ0v) is 13.9. The van der Waals surface area contributed by atoms with Crippen LogP contribution in [0.2, 0.25) is 0 Å². The average Bonchev–Trinajstić information content (AvgIpc) is 2.43. The molecule has 2 amide bonds. The molecule has 4 N–H and O–H groups in total. The fraction of sp³-hybridized carbons (Fsp3) is 0.429. The molecule has 0 saturated carbocycles. The first-order valence-electron chi connectivity index (χ1n) is 6.56. The molecule has 1 atom stereocenters. The number of primary amides is 1. The van der Waals surface area contributed by atoms with Gasteiger partial charge in [0.15, 0.2) is 0 Å². The number of nitrogens with two attached hydrogens (primary N) is 1. The molecule has 0 radical (unpaired) electrons. The Labute approximate surface area is 135 Å². The number of hydrogen-bond acceptors (Lipinski definition) is 4. The molecular weight excluding hydrogens is 310 g/mol. The van der Waals surface area contributed by atoms with E-state index in [1.807, 2.05) is 26.0 Å². The fourth-order valence-electron chi connectivity index (χ4n) is 1.69.